The predicted octanol–water partition coefficient (Wildman–Crippen LogP) is 5.01. The van der Waals surface area contributed by atoms with Crippen molar-refractivity contribution in [1.82, 2.24) is 0 Å². The maximum atomic E-state index is 4.63. The topological polar surface area (TPSA) is 24.7 Å². The smallest absolute Gasteiger partial charge is 0.0598 e. The van der Waals surface area contributed by atoms with Gasteiger partial charge in [-0.1, -0.05) is 5.57 Å². The zero-order valence-electron chi connectivity index (χ0n) is 13.4. The van der Waals surface area contributed by atoms with Crippen molar-refractivity contribution in [1.29, 1.82) is 0 Å². The second-order valence-electron chi connectivity index (χ2n) is 7.85. The molecule has 4 aliphatic rings. The fourth-order valence-corrected chi connectivity index (χ4v) is 5.26. The number of rotatable bonds is 3. The molecule has 0 saturated heterocycles. The first-order valence-electron chi connectivity index (χ1n) is 8.21. The maximum Gasteiger partial charge on any atom is 0.0598 e. The van der Waals surface area contributed by atoms with Gasteiger partial charge in [0.1, 0.15) is 0 Å². The molecule has 0 aromatic rings. The van der Waals surface area contributed by atoms with Crippen LogP contribution in [0.25, 0.3) is 0 Å². The Morgan fingerprint density at radius 3 is 1.80 bits per heavy atom. The van der Waals surface area contributed by atoms with Gasteiger partial charge in [0.15, 0.2) is 0 Å². The van der Waals surface area contributed by atoms with Gasteiger partial charge in [0.25, 0.3) is 0 Å². The lowest BCUT2D eigenvalue weighted by Crippen LogP contribution is -2.49. The summed E-state index contributed by atoms with van der Waals surface area (Å²) in [5.74, 6) is 2.94. The minimum absolute atomic E-state index is 0.406. The molecule has 0 spiro atoms. The molecule has 4 saturated carbocycles. The van der Waals surface area contributed by atoms with Gasteiger partial charge in [0.05, 0.1) is 5.71 Å². The highest BCUT2D eigenvalue weighted by molar-refractivity contribution is 5.94. The molecule has 4 bridgehead atoms. The standard InChI is InChI=1S/C18H28N2/c1-12(2)5-13(3)19-20-14(4)18-9-15-6-16(10-18)8-17(7-15)11-18/h5,15-17H,6-11H2,1-4H3/b19-13+,20-14+. The van der Waals surface area contributed by atoms with Crippen molar-refractivity contribution < 1.29 is 0 Å². The van der Waals surface area contributed by atoms with E-state index in [1.54, 1.807) is 0 Å². The van der Waals surface area contributed by atoms with E-state index in [1.165, 1.54) is 49.8 Å². The first kappa shape index (κ1) is 14.0. The SMILES string of the molecule is CC(C)=C/C(C)=N/N=C(\C)C12CC3CC(CC(C3)C1)C2. The van der Waals surface area contributed by atoms with E-state index in [0.717, 1.165) is 23.5 Å². The van der Waals surface area contributed by atoms with Crippen LogP contribution in [0.2, 0.25) is 0 Å². The molecule has 0 unspecified atom stereocenters. The van der Waals surface area contributed by atoms with E-state index < -0.39 is 0 Å². The van der Waals surface area contributed by atoms with E-state index in [0.29, 0.717) is 5.41 Å². The lowest BCUT2D eigenvalue weighted by atomic mass is 9.48. The van der Waals surface area contributed by atoms with Gasteiger partial charge >= 0.3 is 0 Å². The van der Waals surface area contributed by atoms with Gasteiger partial charge in [-0.25, -0.2) is 0 Å². The molecular formula is C18H28N2. The van der Waals surface area contributed by atoms with Crippen molar-refractivity contribution in [3.05, 3.63) is 11.6 Å². The predicted molar refractivity (Wildman–Crippen MR) is 86.3 cm³/mol. The van der Waals surface area contributed by atoms with Crippen molar-refractivity contribution in [2.75, 3.05) is 0 Å². The molecule has 0 heterocycles. The fourth-order valence-electron chi connectivity index (χ4n) is 5.26. The molecule has 0 atom stereocenters. The second-order valence-corrected chi connectivity index (χ2v) is 7.85. The van der Waals surface area contributed by atoms with E-state index in [2.05, 4.69) is 37.1 Å². The third-order valence-electron chi connectivity index (χ3n) is 5.66. The van der Waals surface area contributed by atoms with E-state index >= 15 is 0 Å². The minimum Gasteiger partial charge on any atom is -0.160 e. The highest BCUT2D eigenvalue weighted by Gasteiger charge is 2.52. The molecule has 4 fully saturated rings. The number of hydrogen-bond acceptors (Lipinski definition) is 2. The molecule has 0 radical (unpaired) electrons. The number of hydrogen-bond donors (Lipinski definition) is 0. The molecule has 4 aliphatic carbocycles. The molecule has 0 aromatic carbocycles. The first-order chi connectivity index (χ1) is 9.47. The fraction of sp³-hybridized carbons (Fsp3) is 0.778. The monoisotopic (exact) mass is 272 g/mol. The molecule has 0 N–H and O–H groups in total. The molecular weight excluding hydrogens is 244 g/mol. The zero-order valence-corrected chi connectivity index (χ0v) is 13.4. The Balaban J connectivity index is 1.80. The van der Waals surface area contributed by atoms with E-state index in [-0.39, 0.29) is 0 Å². The van der Waals surface area contributed by atoms with Crippen LogP contribution < -0.4 is 0 Å². The highest BCUT2D eigenvalue weighted by Crippen LogP contribution is 2.60. The van der Waals surface area contributed by atoms with E-state index in [4.69, 9.17) is 0 Å². The molecule has 4 rings (SSSR count). The van der Waals surface area contributed by atoms with Crippen molar-refractivity contribution >= 4 is 11.4 Å². The Labute approximate surface area is 123 Å². The van der Waals surface area contributed by atoms with Crippen LogP contribution in [0, 0.1) is 23.2 Å². The van der Waals surface area contributed by atoms with Crippen LogP contribution in [0.3, 0.4) is 0 Å². The molecule has 0 amide bonds. The van der Waals surface area contributed by atoms with Gasteiger partial charge in [-0.3, -0.25) is 0 Å². The van der Waals surface area contributed by atoms with Gasteiger partial charge in [0, 0.05) is 11.1 Å². The average Bonchev–Trinajstić information content (AvgIpc) is 2.33. The van der Waals surface area contributed by atoms with Gasteiger partial charge in [-0.15, -0.1) is 0 Å². The zero-order chi connectivity index (χ0) is 14.3. The van der Waals surface area contributed by atoms with Crippen molar-refractivity contribution in [2.24, 2.45) is 33.4 Å². The van der Waals surface area contributed by atoms with Crippen LogP contribution in [-0.4, -0.2) is 11.4 Å². The third-order valence-corrected chi connectivity index (χ3v) is 5.66. The van der Waals surface area contributed by atoms with Crippen LogP contribution in [0.15, 0.2) is 21.9 Å². The number of allylic oxidation sites excluding steroid dienone is 2. The Morgan fingerprint density at radius 2 is 1.35 bits per heavy atom. The molecule has 2 nitrogen and oxygen atoms in total. The molecule has 2 heteroatoms. The first-order valence-corrected chi connectivity index (χ1v) is 8.21. The minimum atomic E-state index is 0.406. The van der Waals surface area contributed by atoms with E-state index in [9.17, 15) is 0 Å². The molecule has 20 heavy (non-hydrogen) atoms. The van der Waals surface area contributed by atoms with Gasteiger partial charge in [-0.2, -0.15) is 10.2 Å². The summed E-state index contributed by atoms with van der Waals surface area (Å²) in [5.41, 5.74) is 4.02. The van der Waals surface area contributed by atoms with Gasteiger partial charge < -0.3 is 0 Å². The van der Waals surface area contributed by atoms with Gasteiger partial charge in [-0.05, 0) is 90.0 Å². The largest absolute Gasteiger partial charge is 0.160 e. The molecule has 0 aliphatic heterocycles. The Kier molecular flexibility index (Phi) is 3.60. The third kappa shape index (κ3) is 2.62. The quantitative estimate of drug-likeness (QED) is 0.510. The maximum absolute atomic E-state index is 4.63. The Bertz CT molecular complexity index is 442. The summed E-state index contributed by atoms with van der Waals surface area (Å²) in [4.78, 5) is 0. The number of nitrogens with zero attached hydrogens (tertiary/aromatic N) is 2. The lowest BCUT2D eigenvalue weighted by Gasteiger charge is -2.56. The summed E-state index contributed by atoms with van der Waals surface area (Å²) >= 11 is 0. The summed E-state index contributed by atoms with van der Waals surface area (Å²) < 4.78 is 0. The van der Waals surface area contributed by atoms with Crippen LogP contribution in [0.1, 0.15) is 66.2 Å². The summed E-state index contributed by atoms with van der Waals surface area (Å²) in [6, 6.07) is 0. The van der Waals surface area contributed by atoms with Crippen LogP contribution in [0.5, 0.6) is 0 Å². The Morgan fingerprint density at radius 1 is 0.850 bits per heavy atom. The van der Waals surface area contributed by atoms with Crippen LogP contribution in [-0.2, 0) is 0 Å². The molecule has 110 valence electrons. The molecule has 0 aromatic heterocycles. The lowest BCUT2D eigenvalue weighted by molar-refractivity contribution is -0.0127. The second kappa shape index (κ2) is 5.13. The highest BCUT2D eigenvalue weighted by atomic mass is 15.2. The van der Waals surface area contributed by atoms with Crippen LogP contribution in [0.4, 0.5) is 0 Å². The summed E-state index contributed by atoms with van der Waals surface area (Å²) in [6.45, 7) is 8.49. The normalized spacial score (nSPS) is 40.1. The summed E-state index contributed by atoms with van der Waals surface area (Å²) in [5, 5.41) is 9.08. The van der Waals surface area contributed by atoms with Crippen LogP contribution >= 0.6 is 0 Å². The summed E-state index contributed by atoms with van der Waals surface area (Å²) in [6.07, 6.45) is 10.7. The average molecular weight is 272 g/mol. The van der Waals surface area contributed by atoms with Crippen molar-refractivity contribution in [2.45, 2.75) is 66.2 Å². The van der Waals surface area contributed by atoms with Crippen molar-refractivity contribution in [3.63, 3.8) is 0 Å². The summed E-state index contributed by atoms with van der Waals surface area (Å²) in [7, 11) is 0. The van der Waals surface area contributed by atoms with E-state index in [1.807, 2.05) is 6.92 Å². The van der Waals surface area contributed by atoms with Crippen molar-refractivity contribution in [3.8, 4) is 0 Å². The Hall–Kier alpha value is -0.920. The van der Waals surface area contributed by atoms with Gasteiger partial charge in [0.2, 0.25) is 0 Å².